The molecule has 1 atom stereocenters. The van der Waals surface area contributed by atoms with Crippen LogP contribution in [-0.4, -0.2) is 26.3 Å². The number of hydrogen-bond donors (Lipinski definition) is 1. The van der Waals surface area contributed by atoms with E-state index >= 15 is 0 Å². The molecule has 0 aliphatic rings. The molecule has 1 heterocycles. The normalized spacial score (nSPS) is 14.6. The molecule has 1 aromatic carbocycles. The van der Waals surface area contributed by atoms with Crippen molar-refractivity contribution in [1.29, 1.82) is 0 Å². The van der Waals surface area contributed by atoms with E-state index in [9.17, 15) is 22.7 Å². The van der Waals surface area contributed by atoms with Crippen LogP contribution in [0.25, 0.3) is 0 Å². The first-order valence-electron chi connectivity index (χ1n) is 5.22. The van der Waals surface area contributed by atoms with Crippen LogP contribution in [0.1, 0.15) is 5.56 Å². The molecule has 0 fully saturated rings. The van der Waals surface area contributed by atoms with E-state index in [2.05, 4.69) is 10.1 Å². The van der Waals surface area contributed by atoms with E-state index in [0.29, 0.717) is 0 Å². The molecule has 0 saturated carbocycles. The molecule has 0 amide bonds. The van der Waals surface area contributed by atoms with Gasteiger partial charge in [0.15, 0.2) is 17.2 Å². The Morgan fingerprint density at radius 1 is 1.32 bits per heavy atom. The van der Waals surface area contributed by atoms with E-state index in [0.717, 1.165) is 35.5 Å². The van der Waals surface area contributed by atoms with E-state index in [1.54, 1.807) is 0 Å². The van der Waals surface area contributed by atoms with Crippen molar-refractivity contribution in [2.75, 3.05) is 0 Å². The summed E-state index contributed by atoms with van der Waals surface area (Å²) in [5.41, 5.74) is -3.71. The highest BCUT2D eigenvalue weighted by Crippen LogP contribution is 2.32. The summed E-state index contributed by atoms with van der Waals surface area (Å²) < 4.78 is 53.7. The minimum absolute atomic E-state index is 0.745. The largest absolute Gasteiger partial charge is 0.377 e. The number of halogens is 4. The van der Waals surface area contributed by atoms with Crippen LogP contribution in [0.15, 0.2) is 30.9 Å². The van der Waals surface area contributed by atoms with Gasteiger partial charge in [0.2, 0.25) is 0 Å². The molecule has 4 nitrogen and oxygen atoms in total. The predicted molar refractivity (Wildman–Crippen MR) is 56.3 cm³/mol. The molecule has 19 heavy (non-hydrogen) atoms. The maximum atomic E-state index is 13.6. The van der Waals surface area contributed by atoms with Gasteiger partial charge >= 0.3 is 0 Å². The standard InChI is InChI=1S/C11H9F4N3O/c12-8-3-1-2-7(9(8)13)11(19,10(14)15)4-18-6-16-5-17-18/h1-3,5-6,10,19H,4H2. The van der Waals surface area contributed by atoms with E-state index in [1.807, 2.05) is 0 Å². The summed E-state index contributed by atoms with van der Waals surface area (Å²) in [4.78, 5) is 3.53. The number of rotatable bonds is 4. The van der Waals surface area contributed by atoms with Crippen LogP contribution in [-0.2, 0) is 12.1 Å². The van der Waals surface area contributed by atoms with Gasteiger partial charge in [0.1, 0.15) is 12.7 Å². The molecule has 0 aliphatic carbocycles. The molecular formula is C11H9F4N3O. The second-order valence-corrected chi connectivity index (χ2v) is 3.92. The quantitative estimate of drug-likeness (QED) is 0.864. The Morgan fingerprint density at radius 3 is 2.63 bits per heavy atom. The fraction of sp³-hybridized carbons (Fsp3) is 0.273. The predicted octanol–water partition coefficient (Wildman–Crippen LogP) is 1.71. The van der Waals surface area contributed by atoms with Gasteiger partial charge in [0.25, 0.3) is 6.43 Å². The number of alkyl halides is 2. The number of nitrogens with zero attached hydrogens (tertiary/aromatic N) is 3. The zero-order valence-electron chi connectivity index (χ0n) is 9.47. The Bertz CT molecular complexity index is 561. The lowest BCUT2D eigenvalue weighted by atomic mass is 9.93. The Morgan fingerprint density at radius 2 is 2.05 bits per heavy atom. The van der Waals surface area contributed by atoms with Crippen molar-refractivity contribution in [3.8, 4) is 0 Å². The van der Waals surface area contributed by atoms with Gasteiger partial charge in [0, 0.05) is 5.56 Å². The first kappa shape index (κ1) is 13.5. The van der Waals surface area contributed by atoms with Crippen LogP contribution < -0.4 is 0 Å². The molecular weight excluding hydrogens is 266 g/mol. The minimum atomic E-state index is -3.33. The van der Waals surface area contributed by atoms with Crippen LogP contribution in [0, 0.1) is 11.6 Å². The van der Waals surface area contributed by atoms with Gasteiger partial charge in [-0.2, -0.15) is 5.10 Å². The van der Waals surface area contributed by atoms with Crippen LogP contribution in [0.3, 0.4) is 0 Å². The number of hydrogen-bond acceptors (Lipinski definition) is 3. The fourth-order valence-electron chi connectivity index (χ4n) is 1.67. The third kappa shape index (κ3) is 2.43. The molecule has 0 spiro atoms. The van der Waals surface area contributed by atoms with Gasteiger partial charge in [-0.1, -0.05) is 12.1 Å². The summed E-state index contributed by atoms with van der Waals surface area (Å²) >= 11 is 0. The lowest BCUT2D eigenvalue weighted by molar-refractivity contribution is -0.116. The molecule has 1 aromatic heterocycles. The molecule has 8 heteroatoms. The van der Waals surface area contributed by atoms with Gasteiger partial charge in [-0.25, -0.2) is 27.2 Å². The van der Waals surface area contributed by atoms with Crippen molar-refractivity contribution in [2.45, 2.75) is 18.6 Å². The lowest BCUT2D eigenvalue weighted by Gasteiger charge is -2.27. The SMILES string of the molecule is OC(Cn1cncn1)(c1cccc(F)c1F)C(F)F. The molecule has 0 aliphatic heterocycles. The monoisotopic (exact) mass is 275 g/mol. The van der Waals surface area contributed by atoms with Gasteiger partial charge in [-0.15, -0.1) is 0 Å². The molecule has 2 aromatic rings. The molecule has 102 valence electrons. The van der Waals surface area contributed by atoms with Gasteiger partial charge in [-0.05, 0) is 6.07 Å². The zero-order valence-corrected chi connectivity index (χ0v) is 9.47. The van der Waals surface area contributed by atoms with Crippen molar-refractivity contribution in [3.05, 3.63) is 48.1 Å². The average Bonchev–Trinajstić information content (AvgIpc) is 2.85. The summed E-state index contributed by atoms with van der Waals surface area (Å²) in [6.07, 6.45) is -1.16. The van der Waals surface area contributed by atoms with Crippen LogP contribution in [0.4, 0.5) is 17.6 Å². The summed E-state index contributed by atoms with van der Waals surface area (Å²) in [5.74, 6) is -2.82. The second kappa shape index (κ2) is 4.96. The molecule has 2 rings (SSSR count). The smallest absolute Gasteiger partial charge is 0.272 e. The topological polar surface area (TPSA) is 50.9 Å². The summed E-state index contributed by atoms with van der Waals surface area (Å²) in [6.45, 7) is -0.745. The van der Waals surface area contributed by atoms with Crippen LogP contribution >= 0.6 is 0 Å². The second-order valence-electron chi connectivity index (χ2n) is 3.92. The number of aliphatic hydroxyl groups is 1. The molecule has 0 bridgehead atoms. The van der Waals surface area contributed by atoms with E-state index in [1.165, 1.54) is 0 Å². The highest BCUT2D eigenvalue weighted by Gasteiger charge is 2.43. The number of aromatic nitrogens is 3. The maximum absolute atomic E-state index is 13.6. The maximum Gasteiger partial charge on any atom is 0.272 e. The minimum Gasteiger partial charge on any atom is -0.377 e. The van der Waals surface area contributed by atoms with Crippen molar-refractivity contribution < 1.29 is 22.7 Å². The summed E-state index contributed by atoms with van der Waals surface area (Å²) in [6, 6.07) is 2.73. The first-order valence-corrected chi connectivity index (χ1v) is 5.22. The summed E-state index contributed by atoms with van der Waals surface area (Å²) in [7, 11) is 0. The fourth-order valence-corrected chi connectivity index (χ4v) is 1.67. The average molecular weight is 275 g/mol. The van der Waals surface area contributed by atoms with Crippen molar-refractivity contribution >= 4 is 0 Å². The van der Waals surface area contributed by atoms with Gasteiger partial charge in [0.05, 0.1) is 6.54 Å². The Hall–Kier alpha value is -1.96. The molecule has 0 saturated heterocycles. The molecule has 0 radical (unpaired) electrons. The van der Waals surface area contributed by atoms with Gasteiger partial charge < -0.3 is 5.11 Å². The van der Waals surface area contributed by atoms with Crippen molar-refractivity contribution in [2.24, 2.45) is 0 Å². The highest BCUT2D eigenvalue weighted by molar-refractivity contribution is 5.26. The van der Waals surface area contributed by atoms with Gasteiger partial charge in [-0.3, -0.25) is 0 Å². The third-order valence-electron chi connectivity index (χ3n) is 2.65. The highest BCUT2D eigenvalue weighted by atomic mass is 19.3. The molecule has 1 N–H and O–H groups in total. The van der Waals surface area contributed by atoms with Crippen molar-refractivity contribution in [3.63, 3.8) is 0 Å². The van der Waals surface area contributed by atoms with Crippen LogP contribution in [0.2, 0.25) is 0 Å². The zero-order chi connectivity index (χ0) is 14.0. The van der Waals surface area contributed by atoms with Crippen LogP contribution in [0.5, 0.6) is 0 Å². The third-order valence-corrected chi connectivity index (χ3v) is 2.65. The first-order chi connectivity index (χ1) is 8.95. The van der Waals surface area contributed by atoms with E-state index in [-0.39, 0.29) is 0 Å². The Kier molecular flexibility index (Phi) is 3.52. The Balaban J connectivity index is 2.47. The lowest BCUT2D eigenvalue weighted by Crippen LogP contribution is -2.40. The molecule has 1 unspecified atom stereocenters. The Labute approximate surface area is 105 Å². The summed E-state index contributed by atoms with van der Waals surface area (Å²) in [5, 5.41) is 13.5. The van der Waals surface area contributed by atoms with Crippen molar-refractivity contribution in [1.82, 2.24) is 14.8 Å². The van der Waals surface area contributed by atoms with E-state index < -0.39 is 35.8 Å². The van der Waals surface area contributed by atoms with E-state index in [4.69, 9.17) is 0 Å². The number of benzene rings is 1.